The Morgan fingerprint density at radius 2 is 2.05 bits per heavy atom. The van der Waals surface area contributed by atoms with E-state index in [1.54, 1.807) is 25.3 Å². The summed E-state index contributed by atoms with van der Waals surface area (Å²) < 4.78 is 18.5. The van der Waals surface area contributed by atoms with Gasteiger partial charge in [-0.1, -0.05) is 24.3 Å². The Balaban J connectivity index is 1.81. The summed E-state index contributed by atoms with van der Waals surface area (Å²) in [5.41, 5.74) is 1.75. The van der Waals surface area contributed by atoms with E-state index in [0.717, 1.165) is 11.3 Å². The molecule has 0 saturated heterocycles. The molecule has 0 radical (unpaired) electrons. The predicted octanol–water partition coefficient (Wildman–Crippen LogP) is 4.09. The lowest BCUT2D eigenvalue weighted by molar-refractivity contribution is -0.115. The van der Waals surface area contributed by atoms with Crippen LogP contribution in [0.1, 0.15) is 12.0 Å². The number of carbonyl (C=O) groups is 1. The zero-order valence-electron chi connectivity index (χ0n) is 12.3. The molecular formula is C17H18FNO2S. The van der Waals surface area contributed by atoms with Gasteiger partial charge in [0.2, 0.25) is 5.91 Å². The summed E-state index contributed by atoms with van der Waals surface area (Å²) in [6.45, 7) is 0.507. The molecule has 2 rings (SSSR count). The monoisotopic (exact) mass is 319 g/mol. The van der Waals surface area contributed by atoms with Crippen LogP contribution >= 0.6 is 11.8 Å². The summed E-state index contributed by atoms with van der Waals surface area (Å²) in [5.74, 6) is 0.198. The topological polar surface area (TPSA) is 38.3 Å². The first-order chi connectivity index (χ1) is 10.7. The highest BCUT2D eigenvalue weighted by molar-refractivity contribution is 7.99. The van der Waals surface area contributed by atoms with Crippen LogP contribution in [0.15, 0.2) is 53.4 Å². The van der Waals surface area contributed by atoms with E-state index < -0.39 is 0 Å². The number of anilines is 1. The Labute approximate surface area is 133 Å². The fourth-order valence-corrected chi connectivity index (χ4v) is 2.83. The molecule has 0 fully saturated rings. The van der Waals surface area contributed by atoms with Gasteiger partial charge in [0.05, 0.1) is 6.61 Å². The lowest BCUT2D eigenvalue weighted by Gasteiger charge is -2.07. The van der Waals surface area contributed by atoms with E-state index in [0.29, 0.717) is 23.7 Å². The lowest BCUT2D eigenvalue weighted by Crippen LogP contribution is -2.12. The van der Waals surface area contributed by atoms with Crippen LogP contribution in [0.5, 0.6) is 0 Å². The Morgan fingerprint density at radius 1 is 1.23 bits per heavy atom. The zero-order chi connectivity index (χ0) is 15.8. The van der Waals surface area contributed by atoms with Crippen molar-refractivity contribution in [3.05, 3.63) is 59.9 Å². The van der Waals surface area contributed by atoms with Gasteiger partial charge in [-0.05, 0) is 29.8 Å². The van der Waals surface area contributed by atoms with E-state index in [1.165, 1.54) is 17.8 Å². The van der Waals surface area contributed by atoms with Gasteiger partial charge in [-0.2, -0.15) is 0 Å². The van der Waals surface area contributed by atoms with Gasteiger partial charge in [0.15, 0.2) is 0 Å². The fraction of sp³-hybridized carbons (Fsp3) is 0.235. The van der Waals surface area contributed by atoms with Crippen molar-refractivity contribution in [2.75, 3.05) is 18.2 Å². The van der Waals surface area contributed by atoms with Crippen molar-refractivity contribution < 1.29 is 13.9 Å². The third-order valence-corrected chi connectivity index (χ3v) is 4.00. The fourth-order valence-electron chi connectivity index (χ4n) is 1.94. The van der Waals surface area contributed by atoms with Gasteiger partial charge in [0.25, 0.3) is 0 Å². The van der Waals surface area contributed by atoms with Crippen molar-refractivity contribution in [1.82, 2.24) is 0 Å². The summed E-state index contributed by atoms with van der Waals surface area (Å²) in [7, 11) is 1.63. The van der Waals surface area contributed by atoms with Crippen molar-refractivity contribution in [2.45, 2.75) is 17.9 Å². The summed E-state index contributed by atoms with van der Waals surface area (Å²) in [6.07, 6.45) is 0.327. The van der Waals surface area contributed by atoms with Crippen LogP contribution in [0.4, 0.5) is 10.1 Å². The Morgan fingerprint density at radius 3 is 2.82 bits per heavy atom. The van der Waals surface area contributed by atoms with Crippen LogP contribution in [0.2, 0.25) is 0 Å². The van der Waals surface area contributed by atoms with E-state index >= 15 is 0 Å². The number of ether oxygens (including phenoxy) is 1. The first-order valence-electron chi connectivity index (χ1n) is 6.94. The highest BCUT2D eigenvalue weighted by atomic mass is 32.2. The molecule has 0 aromatic heterocycles. The molecule has 116 valence electrons. The van der Waals surface area contributed by atoms with E-state index in [-0.39, 0.29) is 11.7 Å². The number of nitrogens with one attached hydrogen (secondary N) is 1. The molecule has 0 unspecified atom stereocenters. The molecule has 0 atom stereocenters. The highest BCUT2D eigenvalue weighted by Gasteiger charge is 2.06. The molecule has 22 heavy (non-hydrogen) atoms. The molecule has 0 heterocycles. The van der Waals surface area contributed by atoms with E-state index in [9.17, 15) is 9.18 Å². The van der Waals surface area contributed by atoms with E-state index in [1.807, 2.05) is 24.3 Å². The number of amides is 1. The van der Waals surface area contributed by atoms with Gasteiger partial charge >= 0.3 is 0 Å². The van der Waals surface area contributed by atoms with Crippen molar-refractivity contribution in [1.29, 1.82) is 0 Å². The molecular weight excluding hydrogens is 301 g/mol. The Hall–Kier alpha value is -1.85. The van der Waals surface area contributed by atoms with Crippen LogP contribution < -0.4 is 5.32 Å². The summed E-state index contributed by atoms with van der Waals surface area (Å²) in [4.78, 5) is 12.5. The molecule has 0 aliphatic heterocycles. The summed E-state index contributed by atoms with van der Waals surface area (Å²) in [6, 6.07) is 14.1. The average Bonchev–Trinajstić information content (AvgIpc) is 2.50. The second-order valence-electron chi connectivity index (χ2n) is 4.71. The second kappa shape index (κ2) is 8.56. The minimum Gasteiger partial charge on any atom is -0.380 e. The van der Waals surface area contributed by atoms with Crippen LogP contribution in [-0.2, 0) is 16.1 Å². The van der Waals surface area contributed by atoms with E-state index in [2.05, 4.69) is 5.32 Å². The van der Waals surface area contributed by atoms with Gasteiger partial charge in [-0.15, -0.1) is 11.8 Å². The van der Waals surface area contributed by atoms with Crippen LogP contribution in [-0.4, -0.2) is 18.8 Å². The maximum Gasteiger partial charge on any atom is 0.225 e. The number of methoxy groups -OCH3 is 1. The van der Waals surface area contributed by atoms with Crippen molar-refractivity contribution in [3.8, 4) is 0 Å². The number of hydrogen-bond acceptors (Lipinski definition) is 3. The number of carbonyl (C=O) groups excluding carboxylic acids is 1. The number of thioether (sulfide) groups is 1. The number of halogens is 1. The largest absolute Gasteiger partial charge is 0.380 e. The smallest absolute Gasteiger partial charge is 0.225 e. The van der Waals surface area contributed by atoms with Crippen molar-refractivity contribution in [2.24, 2.45) is 0 Å². The Bertz CT molecular complexity index is 634. The maximum atomic E-state index is 13.4. The van der Waals surface area contributed by atoms with Gasteiger partial charge in [-0.25, -0.2) is 4.39 Å². The summed E-state index contributed by atoms with van der Waals surface area (Å²) >= 11 is 1.34. The number of hydrogen-bond donors (Lipinski definition) is 1. The second-order valence-corrected chi connectivity index (χ2v) is 5.85. The molecule has 3 nitrogen and oxygen atoms in total. The van der Waals surface area contributed by atoms with Crippen LogP contribution in [0, 0.1) is 5.82 Å². The molecule has 1 N–H and O–H groups in total. The number of benzene rings is 2. The third-order valence-electron chi connectivity index (χ3n) is 2.95. The van der Waals surface area contributed by atoms with Gasteiger partial charge in [0.1, 0.15) is 5.82 Å². The van der Waals surface area contributed by atoms with Crippen LogP contribution in [0.25, 0.3) is 0 Å². The highest BCUT2D eigenvalue weighted by Crippen LogP contribution is 2.22. The van der Waals surface area contributed by atoms with Crippen LogP contribution in [0.3, 0.4) is 0 Å². The van der Waals surface area contributed by atoms with Crippen molar-refractivity contribution in [3.63, 3.8) is 0 Å². The SMILES string of the molecule is COCc1cccc(NC(=O)CCSc2ccccc2F)c1. The summed E-state index contributed by atoms with van der Waals surface area (Å²) in [5, 5.41) is 2.84. The molecule has 0 saturated carbocycles. The molecule has 5 heteroatoms. The molecule has 2 aromatic carbocycles. The minimum atomic E-state index is -0.250. The van der Waals surface area contributed by atoms with Gasteiger partial charge in [-0.3, -0.25) is 4.79 Å². The maximum absolute atomic E-state index is 13.4. The first kappa shape index (κ1) is 16.5. The molecule has 0 aliphatic rings. The first-order valence-corrected chi connectivity index (χ1v) is 7.92. The molecule has 2 aromatic rings. The quantitative estimate of drug-likeness (QED) is 0.781. The predicted molar refractivity (Wildman–Crippen MR) is 87.5 cm³/mol. The zero-order valence-corrected chi connectivity index (χ0v) is 13.2. The third kappa shape index (κ3) is 5.16. The average molecular weight is 319 g/mol. The molecule has 0 bridgehead atoms. The van der Waals surface area contributed by atoms with Crippen molar-refractivity contribution >= 4 is 23.4 Å². The standard InChI is InChI=1S/C17H18FNO2S/c1-21-12-13-5-4-6-14(11-13)19-17(20)9-10-22-16-8-3-2-7-15(16)18/h2-8,11H,9-10,12H2,1H3,(H,19,20). The normalized spacial score (nSPS) is 10.5. The van der Waals surface area contributed by atoms with Gasteiger partial charge in [0, 0.05) is 29.9 Å². The molecule has 0 spiro atoms. The Kier molecular flexibility index (Phi) is 6.43. The minimum absolute atomic E-state index is 0.0848. The van der Waals surface area contributed by atoms with Gasteiger partial charge < -0.3 is 10.1 Å². The number of rotatable bonds is 7. The molecule has 0 aliphatic carbocycles. The molecule has 1 amide bonds. The van der Waals surface area contributed by atoms with E-state index in [4.69, 9.17) is 4.74 Å². The lowest BCUT2D eigenvalue weighted by atomic mass is 10.2.